The second kappa shape index (κ2) is 8.56. The number of hydrogen-bond acceptors (Lipinski definition) is 5. The Hall–Kier alpha value is -3.90. The quantitative estimate of drug-likeness (QED) is 0.414. The third-order valence-corrected chi connectivity index (χ3v) is 4.48. The van der Waals surface area contributed by atoms with Gasteiger partial charge in [0.05, 0.1) is 18.6 Å². The molecule has 0 spiro atoms. The Bertz CT molecular complexity index is 1250. The van der Waals surface area contributed by atoms with Crippen LogP contribution in [0.15, 0.2) is 55.1 Å². The fourth-order valence-corrected chi connectivity index (χ4v) is 3.06. The summed E-state index contributed by atoms with van der Waals surface area (Å²) < 4.78 is 83.4. The molecule has 0 bridgehead atoms. The van der Waals surface area contributed by atoms with E-state index >= 15 is 0 Å². The van der Waals surface area contributed by atoms with E-state index in [9.17, 15) is 26.3 Å². The topological polar surface area (TPSA) is 81.5 Å². The number of ether oxygens (including phenoxy) is 1. The fourth-order valence-electron chi connectivity index (χ4n) is 3.06. The van der Waals surface area contributed by atoms with Gasteiger partial charge in [0.2, 0.25) is 0 Å². The van der Waals surface area contributed by atoms with Crippen molar-refractivity contribution in [2.45, 2.75) is 18.9 Å². The molecular weight excluding hydrogens is 454 g/mol. The van der Waals surface area contributed by atoms with Gasteiger partial charge in [-0.2, -0.15) is 26.3 Å². The minimum atomic E-state index is -4.66. The van der Waals surface area contributed by atoms with Crippen LogP contribution >= 0.6 is 0 Å². The predicted octanol–water partition coefficient (Wildman–Crippen LogP) is 4.74. The van der Waals surface area contributed by atoms with Crippen LogP contribution in [0.3, 0.4) is 0 Å². The van der Waals surface area contributed by atoms with Crippen LogP contribution in [-0.2, 0) is 12.7 Å². The third kappa shape index (κ3) is 5.30. The number of aromatic amines is 1. The number of H-pyrrole nitrogens is 1. The highest BCUT2D eigenvalue weighted by Crippen LogP contribution is 2.34. The highest BCUT2D eigenvalue weighted by atomic mass is 19.4. The van der Waals surface area contributed by atoms with Crippen LogP contribution in [0.2, 0.25) is 0 Å². The molecule has 0 saturated carbocycles. The SMILES string of the molecule is FC(F)(F)COc1ccccc1Cn1cnc(-c2cc(-c3nn[nH]c3C(F)(F)F)ccn2)c1. The molecule has 3 aromatic heterocycles. The van der Waals surface area contributed by atoms with Gasteiger partial charge in [0.1, 0.15) is 17.1 Å². The van der Waals surface area contributed by atoms with Gasteiger partial charge in [0.25, 0.3) is 0 Å². The molecule has 4 rings (SSSR count). The van der Waals surface area contributed by atoms with Crippen LogP contribution in [0.25, 0.3) is 22.6 Å². The summed E-state index contributed by atoms with van der Waals surface area (Å²) in [5.74, 6) is 0.0795. The summed E-state index contributed by atoms with van der Waals surface area (Å²) in [5, 5.41) is 8.61. The Morgan fingerprint density at radius 3 is 2.52 bits per heavy atom. The number of nitrogens with zero attached hydrogens (tertiary/aromatic N) is 5. The number of hydrogen-bond donors (Lipinski definition) is 1. The van der Waals surface area contributed by atoms with E-state index in [0.29, 0.717) is 11.3 Å². The van der Waals surface area contributed by atoms with Gasteiger partial charge in [-0.05, 0) is 18.2 Å². The van der Waals surface area contributed by atoms with Gasteiger partial charge in [0.15, 0.2) is 12.3 Å². The second-order valence-corrected chi connectivity index (χ2v) is 6.91. The average molecular weight is 468 g/mol. The van der Waals surface area contributed by atoms with Crippen molar-refractivity contribution >= 4 is 0 Å². The van der Waals surface area contributed by atoms with E-state index < -0.39 is 24.7 Å². The summed E-state index contributed by atoms with van der Waals surface area (Å²) in [7, 11) is 0. The largest absolute Gasteiger partial charge is 0.484 e. The summed E-state index contributed by atoms with van der Waals surface area (Å²) in [6, 6.07) is 9.02. The van der Waals surface area contributed by atoms with Crippen molar-refractivity contribution in [2.75, 3.05) is 6.61 Å². The maximum Gasteiger partial charge on any atom is 0.435 e. The Labute approximate surface area is 182 Å². The predicted molar refractivity (Wildman–Crippen MR) is 103 cm³/mol. The van der Waals surface area contributed by atoms with Crippen LogP contribution in [0.4, 0.5) is 26.3 Å². The Balaban J connectivity index is 1.56. The van der Waals surface area contributed by atoms with Gasteiger partial charge in [-0.25, -0.2) is 4.98 Å². The highest BCUT2D eigenvalue weighted by Gasteiger charge is 2.37. The zero-order valence-corrected chi connectivity index (χ0v) is 16.5. The molecule has 0 amide bonds. The maximum absolute atomic E-state index is 13.1. The molecule has 7 nitrogen and oxygen atoms in total. The third-order valence-electron chi connectivity index (χ3n) is 4.48. The van der Waals surface area contributed by atoms with Gasteiger partial charge in [-0.1, -0.05) is 23.4 Å². The lowest BCUT2D eigenvalue weighted by molar-refractivity contribution is -0.153. The number of alkyl halides is 6. The van der Waals surface area contributed by atoms with Crippen molar-refractivity contribution in [3.8, 4) is 28.4 Å². The van der Waals surface area contributed by atoms with Crippen molar-refractivity contribution in [3.05, 3.63) is 66.4 Å². The first-order valence-electron chi connectivity index (χ1n) is 9.34. The van der Waals surface area contributed by atoms with E-state index in [1.165, 1.54) is 30.7 Å². The van der Waals surface area contributed by atoms with Gasteiger partial charge < -0.3 is 9.30 Å². The molecule has 0 aliphatic rings. The Morgan fingerprint density at radius 1 is 0.970 bits per heavy atom. The van der Waals surface area contributed by atoms with Crippen LogP contribution in [-0.4, -0.2) is 42.7 Å². The number of halogens is 6. The molecule has 13 heteroatoms. The number of benzene rings is 1. The smallest absolute Gasteiger partial charge is 0.435 e. The number of para-hydroxylation sites is 1. The zero-order chi connectivity index (χ0) is 23.6. The molecule has 0 aliphatic heterocycles. The molecule has 0 saturated heterocycles. The number of aromatic nitrogens is 6. The minimum absolute atomic E-state index is 0.0795. The summed E-state index contributed by atoms with van der Waals surface area (Å²) in [6.45, 7) is -1.26. The van der Waals surface area contributed by atoms with E-state index in [1.54, 1.807) is 29.0 Å². The first-order valence-corrected chi connectivity index (χ1v) is 9.34. The molecule has 0 unspecified atom stereocenters. The Morgan fingerprint density at radius 2 is 1.76 bits per heavy atom. The molecule has 0 radical (unpaired) electrons. The lowest BCUT2D eigenvalue weighted by atomic mass is 10.1. The van der Waals surface area contributed by atoms with E-state index in [2.05, 4.69) is 20.3 Å². The monoisotopic (exact) mass is 468 g/mol. The number of nitrogens with one attached hydrogen (secondary N) is 1. The first-order chi connectivity index (χ1) is 15.6. The lowest BCUT2D eigenvalue weighted by Crippen LogP contribution is -2.19. The van der Waals surface area contributed by atoms with Crippen LogP contribution in [0.5, 0.6) is 5.75 Å². The average Bonchev–Trinajstić information content (AvgIpc) is 3.42. The summed E-state index contributed by atoms with van der Waals surface area (Å²) in [4.78, 5) is 8.35. The normalized spacial score (nSPS) is 12.2. The van der Waals surface area contributed by atoms with Crippen molar-refractivity contribution < 1.29 is 31.1 Å². The summed E-state index contributed by atoms with van der Waals surface area (Å²) >= 11 is 0. The second-order valence-electron chi connectivity index (χ2n) is 6.91. The minimum Gasteiger partial charge on any atom is -0.484 e. The van der Waals surface area contributed by atoms with Gasteiger partial charge in [-0.3, -0.25) is 10.1 Å². The van der Waals surface area contributed by atoms with E-state index in [1.807, 2.05) is 5.10 Å². The molecule has 172 valence electrons. The van der Waals surface area contributed by atoms with Crippen LogP contribution in [0, 0.1) is 0 Å². The van der Waals surface area contributed by atoms with Crippen molar-refractivity contribution in [2.24, 2.45) is 0 Å². The molecule has 3 heterocycles. The van der Waals surface area contributed by atoms with Gasteiger partial charge in [-0.15, -0.1) is 5.10 Å². The molecular formula is C20H14F6N6O. The summed E-state index contributed by atoms with van der Waals surface area (Å²) in [6.07, 6.45) is -4.81. The number of pyridine rings is 1. The summed E-state index contributed by atoms with van der Waals surface area (Å²) in [5.41, 5.74) is -0.195. The van der Waals surface area contributed by atoms with Crippen molar-refractivity contribution in [3.63, 3.8) is 0 Å². The van der Waals surface area contributed by atoms with E-state index in [0.717, 1.165) is 0 Å². The number of rotatable bonds is 6. The highest BCUT2D eigenvalue weighted by molar-refractivity contribution is 5.67. The standard InChI is InChI=1S/C20H14F6N6O/c21-19(22,23)10-33-16-4-2-1-3-13(16)8-32-9-15(28-11-32)14-7-12(5-6-27-14)17-18(20(24,25)26)30-31-29-17/h1-7,9,11H,8,10H2,(H,29,30,31). The maximum atomic E-state index is 13.1. The fraction of sp³-hybridized carbons (Fsp3) is 0.200. The molecule has 0 fully saturated rings. The lowest BCUT2D eigenvalue weighted by Gasteiger charge is -2.13. The first kappa shape index (κ1) is 22.3. The molecule has 0 aliphatic carbocycles. The van der Waals surface area contributed by atoms with Crippen LogP contribution < -0.4 is 4.74 Å². The van der Waals surface area contributed by atoms with E-state index in [4.69, 9.17) is 4.74 Å². The van der Waals surface area contributed by atoms with Gasteiger partial charge in [0, 0.05) is 23.5 Å². The zero-order valence-electron chi connectivity index (χ0n) is 16.5. The van der Waals surface area contributed by atoms with Gasteiger partial charge >= 0.3 is 12.4 Å². The van der Waals surface area contributed by atoms with Crippen molar-refractivity contribution in [1.29, 1.82) is 0 Å². The van der Waals surface area contributed by atoms with Crippen LogP contribution in [0.1, 0.15) is 11.3 Å². The molecule has 4 aromatic rings. The molecule has 33 heavy (non-hydrogen) atoms. The van der Waals surface area contributed by atoms with E-state index in [-0.39, 0.29) is 29.2 Å². The molecule has 1 aromatic carbocycles. The van der Waals surface area contributed by atoms with Crippen molar-refractivity contribution in [1.82, 2.24) is 29.9 Å². The number of imidazole rings is 1. The molecule has 1 N–H and O–H groups in total. The Kier molecular flexibility index (Phi) is 5.78. The molecule has 0 atom stereocenters.